The van der Waals surface area contributed by atoms with Crippen molar-refractivity contribution in [1.82, 2.24) is 0 Å². The average Bonchev–Trinajstić information content (AvgIpc) is 1.91. The van der Waals surface area contributed by atoms with Crippen molar-refractivity contribution in [2.75, 3.05) is 0 Å². The molecule has 0 aromatic rings. The minimum atomic E-state index is -0.837. The average molecular weight is 294 g/mol. The Morgan fingerprint density at radius 2 is 2.17 bits per heavy atom. The first-order valence-electron chi connectivity index (χ1n) is 4.79. The standard InChI is InChI=1S/C10H19ISi/c1-12(2,3)8-9-4-6-10(11)7-5-9/h4,10H,5-8H2,1-3H3/t10-/m1/s1. The number of rotatable bonds is 2. The molecule has 0 fully saturated rings. The lowest BCUT2D eigenvalue weighted by Crippen LogP contribution is -2.21. The van der Waals surface area contributed by atoms with Crippen molar-refractivity contribution in [2.45, 2.75) is 48.9 Å². The van der Waals surface area contributed by atoms with Gasteiger partial charge in [-0.25, -0.2) is 0 Å². The van der Waals surface area contributed by atoms with Crippen LogP contribution in [-0.4, -0.2) is 12.0 Å². The molecule has 0 bridgehead atoms. The molecular formula is C10H19ISi. The molecule has 1 rings (SSSR count). The Balaban J connectivity index is 2.44. The van der Waals surface area contributed by atoms with Gasteiger partial charge in [-0.05, 0) is 25.3 Å². The molecule has 1 aliphatic rings. The largest absolute Gasteiger partial charge is 0.0846 e. The van der Waals surface area contributed by atoms with Gasteiger partial charge in [0, 0.05) is 12.0 Å². The fraction of sp³-hybridized carbons (Fsp3) is 0.800. The molecule has 0 amide bonds. The minimum absolute atomic E-state index is 0.837. The Labute approximate surface area is 91.0 Å². The molecular weight excluding hydrogens is 275 g/mol. The van der Waals surface area contributed by atoms with E-state index < -0.39 is 8.07 Å². The smallest absolute Gasteiger partial charge is 0.0483 e. The van der Waals surface area contributed by atoms with Crippen molar-refractivity contribution in [3.05, 3.63) is 11.6 Å². The molecule has 0 saturated carbocycles. The Bertz CT molecular complexity index is 179. The monoisotopic (exact) mass is 294 g/mol. The van der Waals surface area contributed by atoms with Gasteiger partial charge in [-0.2, -0.15) is 0 Å². The van der Waals surface area contributed by atoms with Gasteiger partial charge in [-0.1, -0.05) is 53.9 Å². The van der Waals surface area contributed by atoms with Crippen LogP contribution in [0.5, 0.6) is 0 Å². The molecule has 0 aromatic carbocycles. The highest BCUT2D eigenvalue weighted by molar-refractivity contribution is 14.1. The summed E-state index contributed by atoms with van der Waals surface area (Å²) in [6.07, 6.45) is 6.61. The maximum Gasteiger partial charge on any atom is 0.0483 e. The summed E-state index contributed by atoms with van der Waals surface area (Å²) < 4.78 is 0.910. The Hall–Kier alpha value is 0.687. The highest BCUT2D eigenvalue weighted by atomic mass is 127. The number of hydrogen-bond donors (Lipinski definition) is 0. The summed E-state index contributed by atoms with van der Waals surface area (Å²) >= 11 is 2.57. The van der Waals surface area contributed by atoms with E-state index in [2.05, 4.69) is 48.3 Å². The number of alkyl halides is 1. The predicted octanol–water partition coefficient (Wildman–Crippen LogP) is 4.24. The lowest BCUT2D eigenvalue weighted by atomic mass is 10.0. The molecule has 2 heteroatoms. The first kappa shape index (κ1) is 10.8. The second kappa shape index (κ2) is 4.27. The van der Waals surface area contributed by atoms with Crippen molar-refractivity contribution in [2.24, 2.45) is 0 Å². The molecule has 1 aliphatic carbocycles. The van der Waals surface area contributed by atoms with Crippen LogP contribution in [0.1, 0.15) is 19.3 Å². The molecule has 0 radical (unpaired) electrons. The fourth-order valence-corrected chi connectivity index (χ4v) is 3.95. The van der Waals surface area contributed by atoms with Gasteiger partial charge in [-0.3, -0.25) is 0 Å². The van der Waals surface area contributed by atoms with Crippen LogP contribution in [0, 0.1) is 0 Å². The van der Waals surface area contributed by atoms with Crippen molar-refractivity contribution in [3.8, 4) is 0 Å². The van der Waals surface area contributed by atoms with Gasteiger partial charge in [0.05, 0.1) is 0 Å². The van der Waals surface area contributed by atoms with Crippen LogP contribution >= 0.6 is 22.6 Å². The lowest BCUT2D eigenvalue weighted by Gasteiger charge is -2.22. The van der Waals surface area contributed by atoms with E-state index >= 15 is 0 Å². The van der Waals surface area contributed by atoms with Gasteiger partial charge in [0.2, 0.25) is 0 Å². The maximum absolute atomic E-state index is 2.57. The van der Waals surface area contributed by atoms with Crippen molar-refractivity contribution in [1.29, 1.82) is 0 Å². The van der Waals surface area contributed by atoms with Crippen LogP contribution in [0.15, 0.2) is 11.6 Å². The molecule has 0 heterocycles. The lowest BCUT2D eigenvalue weighted by molar-refractivity contribution is 0.736. The quantitative estimate of drug-likeness (QED) is 0.309. The fourth-order valence-electron chi connectivity index (χ4n) is 1.70. The molecule has 70 valence electrons. The van der Waals surface area contributed by atoms with Crippen molar-refractivity contribution in [3.63, 3.8) is 0 Å². The van der Waals surface area contributed by atoms with Gasteiger partial charge in [0.1, 0.15) is 0 Å². The number of allylic oxidation sites excluding steroid dienone is 2. The Morgan fingerprint density at radius 3 is 2.58 bits per heavy atom. The van der Waals surface area contributed by atoms with Crippen LogP contribution in [0.2, 0.25) is 25.7 Å². The Kier molecular flexibility index (Phi) is 3.83. The van der Waals surface area contributed by atoms with E-state index in [9.17, 15) is 0 Å². The summed E-state index contributed by atoms with van der Waals surface area (Å²) in [7, 11) is -0.837. The first-order chi connectivity index (χ1) is 5.47. The van der Waals surface area contributed by atoms with E-state index in [1.807, 2.05) is 0 Å². The maximum atomic E-state index is 2.57. The molecule has 0 nitrogen and oxygen atoms in total. The van der Waals surface area contributed by atoms with Crippen LogP contribution in [0.3, 0.4) is 0 Å². The van der Waals surface area contributed by atoms with E-state index in [-0.39, 0.29) is 0 Å². The summed E-state index contributed by atoms with van der Waals surface area (Å²) in [4.78, 5) is 0. The van der Waals surface area contributed by atoms with Gasteiger partial charge in [0.25, 0.3) is 0 Å². The summed E-state index contributed by atoms with van der Waals surface area (Å²) in [6, 6.07) is 1.43. The van der Waals surface area contributed by atoms with Crippen LogP contribution < -0.4 is 0 Å². The number of hydrogen-bond acceptors (Lipinski definition) is 0. The molecule has 12 heavy (non-hydrogen) atoms. The van der Waals surface area contributed by atoms with E-state index in [4.69, 9.17) is 0 Å². The van der Waals surface area contributed by atoms with Crippen molar-refractivity contribution >= 4 is 30.7 Å². The summed E-state index contributed by atoms with van der Waals surface area (Å²) in [5.74, 6) is 0. The van der Waals surface area contributed by atoms with Crippen LogP contribution in [-0.2, 0) is 0 Å². The minimum Gasteiger partial charge on any atom is -0.0846 e. The first-order valence-corrected chi connectivity index (χ1v) is 9.75. The summed E-state index contributed by atoms with van der Waals surface area (Å²) in [6.45, 7) is 7.39. The third-order valence-electron chi connectivity index (χ3n) is 2.20. The van der Waals surface area contributed by atoms with E-state index in [0.29, 0.717) is 0 Å². The third kappa shape index (κ3) is 4.08. The van der Waals surface area contributed by atoms with E-state index in [1.165, 1.54) is 25.3 Å². The number of halogens is 1. The molecule has 0 N–H and O–H groups in total. The summed E-state index contributed by atoms with van der Waals surface area (Å²) in [5.41, 5.74) is 1.75. The predicted molar refractivity (Wildman–Crippen MR) is 67.9 cm³/mol. The molecule has 0 spiro atoms. The second-order valence-corrected chi connectivity index (χ2v) is 12.2. The topological polar surface area (TPSA) is 0 Å². The molecule has 0 aromatic heterocycles. The van der Waals surface area contributed by atoms with Crippen LogP contribution in [0.25, 0.3) is 0 Å². The highest BCUT2D eigenvalue weighted by Crippen LogP contribution is 2.29. The van der Waals surface area contributed by atoms with Crippen molar-refractivity contribution < 1.29 is 0 Å². The van der Waals surface area contributed by atoms with E-state index in [0.717, 1.165) is 3.92 Å². The SMILES string of the molecule is C[Si](C)(C)CC1=CC[C@@H](I)CC1. The highest BCUT2D eigenvalue weighted by Gasteiger charge is 2.18. The second-order valence-electron chi connectivity index (χ2n) is 4.97. The zero-order valence-corrected chi connectivity index (χ0v) is 11.5. The van der Waals surface area contributed by atoms with Gasteiger partial charge in [-0.15, -0.1) is 0 Å². The normalized spacial score (nSPS) is 25.3. The molecule has 0 aliphatic heterocycles. The molecule has 1 atom stereocenters. The third-order valence-corrected chi connectivity index (χ3v) is 4.84. The molecule has 0 unspecified atom stereocenters. The van der Waals surface area contributed by atoms with Crippen LogP contribution in [0.4, 0.5) is 0 Å². The zero-order chi connectivity index (χ0) is 9.19. The summed E-state index contributed by atoms with van der Waals surface area (Å²) in [5, 5.41) is 0. The molecule has 0 saturated heterocycles. The zero-order valence-electron chi connectivity index (χ0n) is 8.36. The Morgan fingerprint density at radius 1 is 1.50 bits per heavy atom. The van der Waals surface area contributed by atoms with Gasteiger partial charge >= 0.3 is 0 Å². The van der Waals surface area contributed by atoms with Gasteiger partial charge < -0.3 is 0 Å². The van der Waals surface area contributed by atoms with Gasteiger partial charge in [0.15, 0.2) is 0 Å². The van der Waals surface area contributed by atoms with E-state index in [1.54, 1.807) is 5.57 Å².